The van der Waals surface area contributed by atoms with Crippen LogP contribution < -0.4 is 5.32 Å². The van der Waals surface area contributed by atoms with Gasteiger partial charge in [0.05, 0.1) is 42.2 Å². The highest BCUT2D eigenvalue weighted by Gasteiger charge is 2.24. The lowest BCUT2D eigenvalue weighted by Crippen LogP contribution is -2.24. The zero-order valence-corrected chi connectivity index (χ0v) is 22.0. The Bertz CT molecular complexity index is 1490. The summed E-state index contributed by atoms with van der Waals surface area (Å²) in [6.45, 7) is 2.67. The van der Waals surface area contributed by atoms with Crippen molar-refractivity contribution in [1.29, 1.82) is 0 Å². The Labute approximate surface area is 220 Å². The zero-order chi connectivity index (χ0) is 25.2. The van der Waals surface area contributed by atoms with E-state index >= 15 is 0 Å². The van der Waals surface area contributed by atoms with Gasteiger partial charge in [-0.25, -0.2) is 9.97 Å². The summed E-state index contributed by atoms with van der Waals surface area (Å²) in [7, 11) is 1.93. The summed E-state index contributed by atoms with van der Waals surface area (Å²) in [5, 5.41) is 8.80. The first-order valence-corrected chi connectivity index (χ1v) is 13.6. The third-order valence-corrected chi connectivity index (χ3v) is 7.77. The molecule has 1 N–H and O–H groups in total. The Balaban J connectivity index is 1.26. The maximum absolute atomic E-state index is 6.32. The van der Waals surface area contributed by atoms with Crippen LogP contribution in [-0.2, 0) is 24.8 Å². The van der Waals surface area contributed by atoms with E-state index in [1.807, 2.05) is 49.4 Å². The van der Waals surface area contributed by atoms with Gasteiger partial charge >= 0.3 is 0 Å². The van der Waals surface area contributed by atoms with Gasteiger partial charge < -0.3 is 10.1 Å². The largest absolute Gasteiger partial charge is 0.374 e. The molecule has 0 amide bonds. The van der Waals surface area contributed by atoms with Gasteiger partial charge in [-0.3, -0.25) is 9.08 Å². The Morgan fingerprint density at radius 2 is 2.03 bits per heavy atom. The fourth-order valence-corrected chi connectivity index (χ4v) is 5.85. The molecule has 0 radical (unpaired) electrons. The summed E-state index contributed by atoms with van der Waals surface area (Å²) in [5.41, 5.74) is 6.09. The summed E-state index contributed by atoms with van der Waals surface area (Å²) < 4.78 is 14.7. The maximum atomic E-state index is 6.32. The molecule has 0 saturated heterocycles. The van der Waals surface area contributed by atoms with E-state index in [-0.39, 0.29) is 0 Å². The average molecular weight is 514 g/mol. The number of hydrogen-bond donors (Lipinski definition) is 1. The van der Waals surface area contributed by atoms with Gasteiger partial charge in [-0.2, -0.15) is 9.47 Å². The molecule has 0 spiro atoms. The normalized spacial score (nSPS) is 17.9. The zero-order valence-electron chi connectivity index (χ0n) is 21.2. The van der Waals surface area contributed by atoms with Crippen molar-refractivity contribution >= 4 is 28.0 Å². The summed E-state index contributed by atoms with van der Waals surface area (Å²) in [5.74, 6) is 1.28. The predicted octanol–water partition coefficient (Wildman–Crippen LogP) is 5.96. The van der Waals surface area contributed by atoms with Crippen LogP contribution in [-0.4, -0.2) is 34.6 Å². The molecule has 4 heterocycles. The molecule has 6 rings (SSSR count). The molecule has 0 bridgehead atoms. The van der Waals surface area contributed by atoms with Gasteiger partial charge in [0.15, 0.2) is 11.5 Å². The standard InChI is InChI=1S/C28H31N7OS/c1-19-11-26(37-33-19)32-27-28-29-15-25(22-14-30-34(2)16-22)35(28)17-23(31-27)12-21-9-6-10-24(13-21)36-18-20-7-4-3-5-8-20/h3-5,7-8,11,14-17,21,24H,6,9-10,12-13,18H2,1-2H3,(H,31,32). The lowest BCUT2D eigenvalue weighted by atomic mass is 9.84. The predicted molar refractivity (Wildman–Crippen MR) is 146 cm³/mol. The first-order chi connectivity index (χ1) is 18.1. The van der Waals surface area contributed by atoms with E-state index in [2.05, 4.69) is 49.7 Å². The van der Waals surface area contributed by atoms with Crippen molar-refractivity contribution < 1.29 is 4.74 Å². The molecule has 2 unspecified atom stereocenters. The van der Waals surface area contributed by atoms with Crippen LogP contribution in [0, 0.1) is 12.8 Å². The second-order valence-corrected chi connectivity index (χ2v) is 10.7. The third kappa shape index (κ3) is 5.42. The first-order valence-electron chi connectivity index (χ1n) is 12.8. The summed E-state index contributed by atoms with van der Waals surface area (Å²) in [6, 6.07) is 12.5. The summed E-state index contributed by atoms with van der Waals surface area (Å²) >= 11 is 1.44. The van der Waals surface area contributed by atoms with E-state index < -0.39 is 0 Å². The van der Waals surface area contributed by atoms with Gasteiger partial charge in [0.1, 0.15) is 5.00 Å². The van der Waals surface area contributed by atoms with Crippen molar-refractivity contribution in [2.75, 3.05) is 5.32 Å². The summed E-state index contributed by atoms with van der Waals surface area (Å²) in [6.07, 6.45) is 13.7. The highest BCUT2D eigenvalue weighted by molar-refractivity contribution is 7.10. The maximum Gasteiger partial charge on any atom is 0.180 e. The minimum atomic E-state index is 0.291. The molecule has 190 valence electrons. The molecule has 1 fully saturated rings. The second-order valence-electron chi connectivity index (χ2n) is 9.93. The Morgan fingerprint density at radius 3 is 2.81 bits per heavy atom. The molecule has 0 aliphatic heterocycles. The topological polar surface area (TPSA) is 82.2 Å². The van der Waals surface area contributed by atoms with Crippen LogP contribution in [0.2, 0.25) is 0 Å². The first kappa shape index (κ1) is 23.8. The molecular formula is C28H31N7OS. The van der Waals surface area contributed by atoms with Gasteiger partial charge in [0, 0.05) is 25.0 Å². The van der Waals surface area contributed by atoms with Crippen LogP contribution in [0.1, 0.15) is 42.6 Å². The molecule has 5 aromatic rings. The minimum Gasteiger partial charge on any atom is -0.374 e. The molecular weight excluding hydrogens is 482 g/mol. The Hall–Kier alpha value is -3.56. The number of fused-ring (bicyclic) bond motifs is 1. The number of benzene rings is 1. The molecule has 1 saturated carbocycles. The highest BCUT2D eigenvalue weighted by Crippen LogP contribution is 2.32. The number of ether oxygens (including phenoxy) is 1. The monoisotopic (exact) mass is 513 g/mol. The van der Waals surface area contributed by atoms with Crippen molar-refractivity contribution in [3.05, 3.63) is 78.1 Å². The SMILES string of the molecule is Cc1cc(Nc2nc(CC3CCCC(OCc4ccccc4)C3)cn3c(-c4cnn(C)c4)cnc23)sn1. The van der Waals surface area contributed by atoms with Gasteiger partial charge in [-0.05, 0) is 61.7 Å². The quantitative estimate of drug-likeness (QED) is 0.276. The third-order valence-electron chi connectivity index (χ3n) is 6.97. The van der Waals surface area contributed by atoms with Crippen molar-refractivity contribution in [3.63, 3.8) is 0 Å². The lowest BCUT2D eigenvalue weighted by molar-refractivity contribution is 0.00219. The minimum absolute atomic E-state index is 0.291. The van der Waals surface area contributed by atoms with Crippen molar-refractivity contribution in [2.45, 2.75) is 51.7 Å². The lowest BCUT2D eigenvalue weighted by Gasteiger charge is -2.29. The molecule has 1 aliphatic carbocycles. The molecule has 1 aliphatic rings. The smallest absolute Gasteiger partial charge is 0.180 e. The molecule has 37 heavy (non-hydrogen) atoms. The van der Waals surface area contributed by atoms with Gasteiger partial charge in [0.25, 0.3) is 0 Å². The van der Waals surface area contributed by atoms with Crippen LogP contribution in [0.3, 0.4) is 0 Å². The van der Waals surface area contributed by atoms with Crippen LogP contribution >= 0.6 is 11.5 Å². The summed E-state index contributed by atoms with van der Waals surface area (Å²) in [4.78, 5) is 9.78. The van der Waals surface area contributed by atoms with Crippen molar-refractivity contribution in [3.8, 4) is 11.3 Å². The number of rotatable bonds is 8. The van der Waals surface area contributed by atoms with E-state index in [0.717, 1.165) is 58.4 Å². The highest BCUT2D eigenvalue weighted by atomic mass is 32.1. The Kier molecular flexibility index (Phi) is 6.72. The van der Waals surface area contributed by atoms with Gasteiger partial charge in [0.2, 0.25) is 0 Å². The second kappa shape index (κ2) is 10.4. The molecule has 1 aromatic carbocycles. The number of nitrogens with one attached hydrogen (secondary N) is 1. The van der Waals surface area contributed by atoms with Gasteiger partial charge in [-0.15, -0.1) is 0 Å². The van der Waals surface area contributed by atoms with Crippen LogP contribution in [0.5, 0.6) is 0 Å². The van der Waals surface area contributed by atoms with E-state index in [1.54, 1.807) is 0 Å². The number of aromatic nitrogens is 6. The van der Waals surface area contributed by atoms with E-state index in [0.29, 0.717) is 18.6 Å². The molecule has 8 nitrogen and oxygen atoms in total. The fraction of sp³-hybridized carbons (Fsp3) is 0.357. The van der Waals surface area contributed by atoms with Crippen LogP contribution in [0.25, 0.3) is 16.9 Å². The number of hydrogen-bond acceptors (Lipinski definition) is 7. The number of aryl methyl sites for hydroxylation is 2. The van der Waals surface area contributed by atoms with Crippen molar-refractivity contribution in [2.24, 2.45) is 13.0 Å². The average Bonchev–Trinajstić information content (AvgIpc) is 3.63. The van der Waals surface area contributed by atoms with E-state index in [4.69, 9.17) is 14.7 Å². The van der Waals surface area contributed by atoms with Crippen LogP contribution in [0.4, 0.5) is 10.8 Å². The number of imidazole rings is 1. The van der Waals surface area contributed by atoms with Gasteiger partial charge in [-0.1, -0.05) is 36.8 Å². The molecule has 4 aromatic heterocycles. The molecule has 9 heteroatoms. The van der Waals surface area contributed by atoms with E-state index in [9.17, 15) is 0 Å². The molecule has 2 atom stereocenters. The Morgan fingerprint density at radius 1 is 1.14 bits per heavy atom. The van der Waals surface area contributed by atoms with Crippen LogP contribution in [0.15, 0.2) is 61.2 Å². The fourth-order valence-electron chi connectivity index (χ4n) is 5.19. The number of anilines is 2. The van der Waals surface area contributed by atoms with Crippen molar-refractivity contribution in [1.82, 2.24) is 28.5 Å². The number of nitrogens with zero attached hydrogens (tertiary/aromatic N) is 6. The van der Waals surface area contributed by atoms with E-state index in [1.165, 1.54) is 29.9 Å².